The highest BCUT2D eigenvalue weighted by molar-refractivity contribution is 7.89. The van der Waals surface area contributed by atoms with Gasteiger partial charge in [-0.15, -0.1) is 0 Å². The summed E-state index contributed by atoms with van der Waals surface area (Å²) in [6, 6.07) is 9.56. The van der Waals surface area contributed by atoms with Crippen molar-refractivity contribution in [2.24, 2.45) is 0 Å². The van der Waals surface area contributed by atoms with E-state index in [1.807, 2.05) is 0 Å². The summed E-state index contributed by atoms with van der Waals surface area (Å²) < 4.78 is 32.4. The molecular weight excluding hydrogens is 328 g/mol. The third kappa shape index (κ3) is 3.85. The van der Waals surface area contributed by atoms with Gasteiger partial charge in [0.25, 0.3) is 5.91 Å². The minimum Gasteiger partial charge on any atom is -0.468 e. The maximum atomic E-state index is 12.5. The average molecular weight is 348 g/mol. The quantitative estimate of drug-likeness (QED) is 0.900. The van der Waals surface area contributed by atoms with Crippen LogP contribution in [-0.4, -0.2) is 32.3 Å². The van der Waals surface area contributed by atoms with Crippen molar-refractivity contribution in [1.82, 2.24) is 9.62 Å². The van der Waals surface area contributed by atoms with Crippen molar-refractivity contribution in [3.63, 3.8) is 0 Å². The molecule has 1 aromatic heterocycles. The first-order valence-electron chi connectivity index (χ1n) is 7.98. The minimum atomic E-state index is -3.70. The lowest BCUT2D eigenvalue weighted by atomic mass is 10.1. The Balaban J connectivity index is 1.75. The third-order valence-corrected chi connectivity index (χ3v) is 5.45. The van der Waals surface area contributed by atoms with Gasteiger partial charge in [-0.25, -0.2) is 13.1 Å². The van der Waals surface area contributed by atoms with Crippen molar-refractivity contribution in [2.75, 3.05) is 13.1 Å². The molecule has 0 saturated carbocycles. The molecule has 1 N–H and O–H groups in total. The van der Waals surface area contributed by atoms with Crippen molar-refractivity contribution >= 4 is 15.9 Å². The Morgan fingerprint density at radius 3 is 2.62 bits per heavy atom. The maximum Gasteiger partial charge on any atom is 0.253 e. The number of hydrogen-bond donors (Lipinski definition) is 1. The normalized spacial score (nSPS) is 15.4. The molecule has 1 amide bonds. The van der Waals surface area contributed by atoms with Crippen LogP contribution in [0, 0.1) is 0 Å². The zero-order valence-corrected chi connectivity index (χ0v) is 14.1. The highest BCUT2D eigenvalue weighted by Crippen LogP contribution is 2.17. The summed E-state index contributed by atoms with van der Waals surface area (Å²) in [5, 5.41) is 0. The van der Waals surface area contributed by atoms with Gasteiger partial charge in [0.05, 0.1) is 17.7 Å². The van der Waals surface area contributed by atoms with Gasteiger partial charge in [0, 0.05) is 18.7 Å². The molecule has 3 rings (SSSR count). The zero-order chi connectivity index (χ0) is 17.0. The first kappa shape index (κ1) is 16.7. The molecule has 0 radical (unpaired) electrons. The van der Waals surface area contributed by atoms with E-state index in [2.05, 4.69) is 4.72 Å². The summed E-state index contributed by atoms with van der Waals surface area (Å²) in [5.74, 6) is 0.414. The van der Waals surface area contributed by atoms with Crippen LogP contribution in [0.1, 0.15) is 35.4 Å². The first-order valence-corrected chi connectivity index (χ1v) is 9.46. The van der Waals surface area contributed by atoms with Crippen LogP contribution in [0.15, 0.2) is 52.0 Å². The average Bonchev–Trinajstić information content (AvgIpc) is 3.14. The fourth-order valence-corrected chi connectivity index (χ4v) is 3.78. The number of nitrogens with one attached hydrogen (secondary N) is 1. The van der Waals surface area contributed by atoms with Gasteiger partial charge in [0.2, 0.25) is 10.0 Å². The molecular formula is C17H20N2O4S. The standard InChI is InChI=1S/C17H20N2O4S/c20-17(19-9-2-1-3-10-19)14-6-4-8-16(12-14)24(21,22)18-13-15-7-5-11-23-15/h4-8,11-12,18H,1-3,9-10,13H2. The Bertz CT molecular complexity index is 794. The lowest BCUT2D eigenvalue weighted by Crippen LogP contribution is -2.35. The summed E-state index contributed by atoms with van der Waals surface area (Å²) in [6.45, 7) is 1.53. The second-order valence-corrected chi connectivity index (χ2v) is 7.55. The van der Waals surface area contributed by atoms with Crippen LogP contribution in [0.3, 0.4) is 0 Å². The molecule has 0 spiro atoms. The SMILES string of the molecule is O=C(c1cccc(S(=O)(=O)NCc2ccco2)c1)N1CCCCC1. The van der Waals surface area contributed by atoms with Gasteiger partial charge in [-0.05, 0) is 49.6 Å². The second kappa shape index (κ2) is 7.19. The number of carbonyl (C=O) groups is 1. The van der Waals surface area contributed by atoms with Crippen LogP contribution in [0.4, 0.5) is 0 Å². The first-order chi connectivity index (χ1) is 11.6. The Morgan fingerprint density at radius 2 is 1.92 bits per heavy atom. The number of hydrogen-bond acceptors (Lipinski definition) is 4. The van der Waals surface area contributed by atoms with Crippen molar-refractivity contribution in [3.05, 3.63) is 54.0 Å². The summed E-state index contributed by atoms with van der Waals surface area (Å²) in [4.78, 5) is 14.4. The molecule has 0 unspecified atom stereocenters. The highest BCUT2D eigenvalue weighted by atomic mass is 32.2. The molecule has 1 aromatic carbocycles. The van der Waals surface area contributed by atoms with Crippen molar-refractivity contribution in [1.29, 1.82) is 0 Å². The van der Waals surface area contributed by atoms with Gasteiger partial charge < -0.3 is 9.32 Å². The number of piperidine rings is 1. The van der Waals surface area contributed by atoms with E-state index in [4.69, 9.17) is 4.42 Å². The lowest BCUT2D eigenvalue weighted by Gasteiger charge is -2.26. The van der Waals surface area contributed by atoms with Crippen LogP contribution < -0.4 is 4.72 Å². The van der Waals surface area contributed by atoms with E-state index < -0.39 is 10.0 Å². The largest absolute Gasteiger partial charge is 0.468 e. The van der Waals surface area contributed by atoms with E-state index >= 15 is 0 Å². The molecule has 128 valence electrons. The predicted octanol–water partition coefficient (Wildman–Crippen LogP) is 2.38. The lowest BCUT2D eigenvalue weighted by molar-refractivity contribution is 0.0724. The van der Waals surface area contributed by atoms with Crippen LogP contribution in [0.5, 0.6) is 0 Å². The predicted molar refractivity (Wildman–Crippen MR) is 88.9 cm³/mol. The molecule has 6 nitrogen and oxygen atoms in total. The monoisotopic (exact) mass is 348 g/mol. The molecule has 0 aliphatic carbocycles. The van der Waals surface area contributed by atoms with E-state index in [1.165, 1.54) is 18.4 Å². The van der Waals surface area contributed by atoms with Crippen LogP contribution in [0.25, 0.3) is 0 Å². The second-order valence-electron chi connectivity index (χ2n) is 5.78. The van der Waals surface area contributed by atoms with Gasteiger partial charge >= 0.3 is 0 Å². The van der Waals surface area contributed by atoms with E-state index in [9.17, 15) is 13.2 Å². The molecule has 1 saturated heterocycles. The molecule has 24 heavy (non-hydrogen) atoms. The number of nitrogens with zero attached hydrogens (tertiary/aromatic N) is 1. The zero-order valence-electron chi connectivity index (χ0n) is 13.3. The highest BCUT2D eigenvalue weighted by Gasteiger charge is 2.21. The van der Waals surface area contributed by atoms with Gasteiger partial charge in [-0.3, -0.25) is 4.79 Å². The summed E-state index contributed by atoms with van der Waals surface area (Å²) in [7, 11) is -3.70. The van der Waals surface area contributed by atoms with E-state index in [0.29, 0.717) is 11.3 Å². The van der Waals surface area contributed by atoms with E-state index in [0.717, 1.165) is 32.4 Å². The van der Waals surface area contributed by atoms with Gasteiger partial charge in [-0.2, -0.15) is 0 Å². The van der Waals surface area contributed by atoms with Crippen molar-refractivity contribution < 1.29 is 17.6 Å². The summed E-state index contributed by atoms with van der Waals surface area (Å²) >= 11 is 0. The van der Waals surface area contributed by atoms with E-state index in [-0.39, 0.29) is 17.3 Å². The molecule has 0 atom stereocenters. The number of carbonyl (C=O) groups excluding carboxylic acids is 1. The molecule has 1 fully saturated rings. The molecule has 1 aliphatic rings. The van der Waals surface area contributed by atoms with Crippen LogP contribution in [0.2, 0.25) is 0 Å². The summed E-state index contributed by atoms with van der Waals surface area (Å²) in [6.07, 6.45) is 4.61. The third-order valence-electron chi connectivity index (χ3n) is 4.05. The molecule has 7 heteroatoms. The Hall–Kier alpha value is -2.12. The minimum absolute atomic E-state index is 0.0691. The number of furan rings is 1. The summed E-state index contributed by atoms with van der Waals surface area (Å²) in [5.41, 5.74) is 0.401. The molecule has 0 bridgehead atoms. The Labute approximate surface area is 141 Å². The van der Waals surface area contributed by atoms with Crippen LogP contribution >= 0.6 is 0 Å². The molecule has 2 heterocycles. The van der Waals surface area contributed by atoms with Crippen molar-refractivity contribution in [3.8, 4) is 0 Å². The fraction of sp³-hybridized carbons (Fsp3) is 0.353. The number of rotatable bonds is 5. The topological polar surface area (TPSA) is 79.6 Å². The van der Waals surface area contributed by atoms with Gasteiger partial charge in [0.1, 0.15) is 5.76 Å². The van der Waals surface area contributed by atoms with Gasteiger partial charge in [0.15, 0.2) is 0 Å². The fourth-order valence-electron chi connectivity index (χ4n) is 2.74. The number of sulfonamides is 1. The molecule has 1 aliphatic heterocycles. The Kier molecular flexibility index (Phi) is 5.01. The smallest absolute Gasteiger partial charge is 0.253 e. The van der Waals surface area contributed by atoms with E-state index in [1.54, 1.807) is 29.2 Å². The van der Waals surface area contributed by atoms with Crippen LogP contribution in [-0.2, 0) is 16.6 Å². The Morgan fingerprint density at radius 1 is 1.12 bits per heavy atom. The molecule has 2 aromatic rings. The number of likely N-dealkylation sites (tertiary alicyclic amines) is 1. The number of benzene rings is 1. The number of amides is 1. The van der Waals surface area contributed by atoms with Gasteiger partial charge in [-0.1, -0.05) is 6.07 Å². The van der Waals surface area contributed by atoms with Crippen molar-refractivity contribution in [2.45, 2.75) is 30.7 Å². The maximum absolute atomic E-state index is 12.5.